The molecule has 0 radical (unpaired) electrons. The number of hydrogen-bond donors (Lipinski definition) is 1. The average molecular weight is 219 g/mol. The van der Waals surface area contributed by atoms with Crippen molar-refractivity contribution < 1.29 is 4.74 Å². The molecular weight excluding hydrogens is 198 g/mol. The van der Waals surface area contributed by atoms with E-state index in [1.807, 2.05) is 0 Å². The molecule has 1 heterocycles. The third kappa shape index (κ3) is 1.94. The van der Waals surface area contributed by atoms with Gasteiger partial charge in [-0.05, 0) is 37.6 Å². The summed E-state index contributed by atoms with van der Waals surface area (Å²) in [6, 6.07) is 4.83. The van der Waals surface area contributed by atoms with Crippen LogP contribution in [0.5, 0.6) is 5.75 Å². The topological polar surface area (TPSA) is 21.3 Å². The first kappa shape index (κ1) is 11.5. The largest absolute Gasteiger partial charge is 0.493 e. The van der Waals surface area contributed by atoms with Crippen molar-refractivity contribution in [3.8, 4) is 5.75 Å². The molecule has 0 aliphatic carbocycles. The molecule has 16 heavy (non-hydrogen) atoms. The van der Waals surface area contributed by atoms with E-state index in [1.54, 1.807) is 0 Å². The fourth-order valence-corrected chi connectivity index (χ4v) is 2.58. The van der Waals surface area contributed by atoms with Gasteiger partial charge in [0, 0.05) is 17.5 Å². The van der Waals surface area contributed by atoms with Gasteiger partial charge in [0.2, 0.25) is 0 Å². The zero-order valence-corrected chi connectivity index (χ0v) is 10.6. The highest BCUT2D eigenvalue weighted by molar-refractivity contribution is 5.46. The quantitative estimate of drug-likeness (QED) is 0.825. The van der Waals surface area contributed by atoms with Crippen LogP contribution in [0.15, 0.2) is 12.1 Å². The van der Waals surface area contributed by atoms with Crippen LogP contribution in [0.25, 0.3) is 0 Å². The second-order valence-electron chi connectivity index (χ2n) is 4.82. The summed E-state index contributed by atoms with van der Waals surface area (Å²) in [6.07, 6.45) is 0. The summed E-state index contributed by atoms with van der Waals surface area (Å²) in [5.74, 6) is 1.61. The van der Waals surface area contributed by atoms with E-state index < -0.39 is 0 Å². The lowest BCUT2D eigenvalue weighted by atomic mass is 9.88. The van der Waals surface area contributed by atoms with Gasteiger partial charge in [0.05, 0.1) is 6.61 Å². The van der Waals surface area contributed by atoms with Crippen LogP contribution < -0.4 is 10.1 Å². The van der Waals surface area contributed by atoms with Gasteiger partial charge >= 0.3 is 0 Å². The summed E-state index contributed by atoms with van der Waals surface area (Å²) in [4.78, 5) is 0. The van der Waals surface area contributed by atoms with Crippen molar-refractivity contribution in [1.82, 2.24) is 5.32 Å². The molecule has 0 aromatic heterocycles. The first-order chi connectivity index (χ1) is 7.63. The first-order valence-corrected chi connectivity index (χ1v) is 6.10. The molecule has 0 saturated heterocycles. The molecule has 2 unspecified atom stereocenters. The van der Waals surface area contributed by atoms with E-state index >= 15 is 0 Å². The van der Waals surface area contributed by atoms with Crippen LogP contribution in [-0.2, 0) is 0 Å². The third-order valence-corrected chi connectivity index (χ3v) is 3.30. The van der Waals surface area contributed by atoms with Crippen LogP contribution in [-0.4, -0.2) is 13.2 Å². The highest BCUT2D eigenvalue weighted by Crippen LogP contribution is 2.38. The lowest BCUT2D eigenvalue weighted by Gasteiger charge is -2.33. The van der Waals surface area contributed by atoms with Gasteiger partial charge in [0.25, 0.3) is 0 Å². The van der Waals surface area contributed by atoms with E-state index in [-0.39, 0.29) is 0 Å². The maximum Gasteiger partial charge on any atom is 0.124 e. The van der Waals surface area contributed by atoms with E-state index in [1.165, 1.54) is 16.7 Å². The molecule has 0 saturated carbocycles. The number of benzene rings is 1. The summed E-state index contributed by atoms with van der Waals surface area (Å²) < 4.78 is 5.83. The second-order valence-corrected chi connectivity index (χ2v) is 4.82. The van der Waals surface area contributed by atoms with Gasteiger partial charge < -0.3 is 10.1 Å². The van der Waals surface area contributed by atoms with Gasteiger partial charge in [-0.15, -0.1) is 0 Å². The van der Waals surface area contributed by atoms with Crippen molar-refractivity contribution in [2.75, 3.05) is 13.2 Å². The summed E-state index contributed by atoms with van der Waals surface area (Å²) in [6.45, 7) is 10.5. The number of fused-ring (bicyclic) bond motifs is 1. The molecule has 0 fully saturated rings. The van der Waals surface area contributed by atoms with Crippen molar-refractivity contribution in [3.05, 3.63) is 28.8 Å². The molecule has 0 spiro atoms. The minimum Gasteiger partial charge on any atom is -0.493 e. The van der Waals surface area contributed by atoms with E-state index in [0.29, 0.717) is 12.0 Å². The summed E-state index contributed by atoms with van der Waals surface area (Å²) >= 11 is 0. The maximum absolute atomic E-state index is 5.83. The average Bonchev–Trinajstić information content (AvgIpc) is 2.22. The molecule has 0 amide bonds. The van der Waals surface area contributed by atoms with Crippen LogP contribution in [0.3, 0.4) is 0 Å². The van der Waals surface area contributed by atoms with E-state index in [4.69, 9.17) is 4.74 Å². The van der Waals surface area contributed by atoms with Crippen molar-refractivity contribution in [1.29, 1.82) is 0 Å². The number of rotatable bonds is 2. The molecule has 1 aliphatic heterocycles. The SMILES string of the molecule is CCNC1c2c(C)cc(C)cc2OCC1C. The Hall–Kier alpha value is -1.02. The van der Waals surface area contributed by atoms with Crippen LogP contribution in [0.4, 0.5) is 0 Å². The monoisotopic (exact) mass is 219 g/mol. The summed E-state index contributed by atoms with van der Waals surface area (Å²) in [7, 11) is 0. The molecule has 1 aliphatic rings. The van der Waals surface area contributed by atoms with E-state index in [9.17, 15) is 0 Å². The standard InChI is InChI=1S/C14H21NO/c1-5-15-14-11(4)8-16-12-7-9(2)6-10(3)13(12)14/h6-7,11,14-15H,5,8H2,1-4H3. The van der Waals surface area contributed by atoms with Crippen molar-refractivity contribution in [2.24, 2.45) is 5.92 Å². The molecular formula is C14H21NO. The Morgan fingerprint density at radius 3 is 2.81 bits per heavy atom. The normalized spacial score (nSPS) is 23.8. The smallest absolute Gasteiger partial charge is 0.124 e. The van der Waals surface area contributed by atoms with E-state index in [2.05, 4.69) is 45.1 Å². The van der Waals surface area contributed by atoms with Crippen molar-refractivity contribution in [3.63, 3.8) is 0 Å². The summed E-state index contributed by atoms with van der Waals surface area (Å²) in [5.41, 5.74) is 3.97. The molecule has 2 heteroatoms. The number of aryl methyl sites for hydroxylation is 2. The van der Waals surface area contributed by atoms with Gasteiger partial charge in [-0.3, -0.25) is 0 Å². The molecule has 1 aromatic rings. The minimum absolute atomic E-state index is 0.439. The highest BCUT2D eigenvalue weighted by Gasteiger charge is 2.28. The molecule has 88 valence electrons. The molecule has 2 rings (SSSR count). The fraction of sp³-hybridized carbons (Fsp3) is 0.571. The lowest BCUT2D eigenvalue weighted by molar-refractivity contribution is 0.189. The predicted octanol–water partition coefficient (Wildman–Crippen LogP) is 2.98. The molecule has 2 nitrogen and oxygen atoms in total. The number of nitrogens with one attached hydrogen (secondary N) is 1. The van der Waals surface area contributed by atoms with Gasteiger partial charge in [-0.2, -0.15) is 0 Å². The minimum atomic E-state index is 0.439. The molecule has 1 aromatic carbocycles. The first-order valence-electron chi connectivity index (χ1n) is 6.10. The highest BCUT2D eigenvalue weighted by atomic mass is 16.5. The Morgan fingerprint density at radius 1 is 1.38 bits per heavy atom. The van der Waals surface area contributed by atoms with Crippen LogP contribution >= 0.6 is 0 Å². The molecule has 1 N–H and O–H groups in total. The molecule has 2 atom stereocenters. The fourth-order valence-electron chi connectivity index (χ4n) is 2.58. The van der Waals surface area contributed by atoms with Crippen molar-refractivity contribution >= 4 is 0 Å². The van der Waals surface area contributed by atoms with Crippen molar-refractivity contribution in [2.45, 2.75) is 33.7 Å². The zero-order valence-electron chi connectivity index (χ0n) is 10.6. The zero-order chi connectivity index (χ0) is 11.7. The van der Waals surface area contributed by atoms with Crippen LogP contribution in [0.1, 0.15) is 36.6 Å². The maximum atomic E-state index is 5.83. The van der Waals surface area contributed by atoms with Gasteiger partial charge in [0.15, 0.2) is 0 Å². The van der Waals surface area contributed by atoms with Crippen LogP contribution in [0.2, 0.25) is 0 Å². The Balaban J connectivity index is 2.45. The lowest BCUT2D eigenvalue weighted by Crippen LogP contribution is -2.34. The van der Waals surface area contributed by atoms with Gasteiger partial charge in [0.1, 0.15) is 5.75 Å². The predicted molar refractivity (Wildman–Crippen MR) is 67.0 cm³/mol. The number of hydrogen-bond acceptors (Lipinski definition) is 2. The second kappa shape index (κ2) is 4.46. The summed E-state index contributed by atoms with van der Waals surface area (Å²) in [5, 5.41) is 3.57. The Kier molecular flexibility index (Phi) is 3.20. The van der Waals surface area contributed by atoms with Gasteiger partial charge in [-0.1, -0.05) is 19.9 Å². The Bertz CT molecular complexity index is 387. The Labute approximate surface area is 98.0 Å². The third-order valence-electron chi connectivity index (χ3n) is 3.30. The van der Waals surface area contributed by atoms with E-state index in [0.717, 1.165) is 18.9 Å². The van der Waals surface area contributed by atoms with Gasteiger partial charge in [-0.25, -0.2) is 0 Å². The van der Waals surface area contributed by atoms with Crippen LogP contribution in [0, 0.1) is 19.8 Å². The molecule has 0 bridgehead atoms. The Morgan fingerprint density at radius 2 is 2.12 bits per heavy atom. The number of ether oxygens (including phenoxy) is 1.